The molecule has 0 unspecified atom stereocenters. The summed E-state index contributed by atoms with van der Waals surface area (Å²) in [6.07, 6.45) is 11.0. The number of piperidine rings is 1. The highest BCUT2D eigenvalue weighted by Crippen LogP contribution is 2.42. The number of anilines is 1. The van der Waals surface area contributed by atoms with Gasteiger partial charge in [-0.25, -0.2) is 9.97 Å². The molecule has 0 aliphatic carbocycles. The second-order valence-corrected chi connectivity index (χ2v) is 9.81. The van der Waals surface area contributed by atoms with Crippen molar-refractivity contribution in [3.63, 3.8) is 0 Å². The molecule has 0 bridgehead atoms. The van der Waals surface area contributed by atoms with Crippen molar-refractivity contribution in [2.24, 2.45) is 11.1 Å². The molecule has 32 heavy (non-hydrogen) atoms. The third-order valence-corrected chi connectivity index (χ3v) is 8.06. The Labute approximate surface area is 196 Å². The van der Waals surface area contributed by atoms with Gasteiger partial charge in [-0.3, -0.25) is 9.97 Å². The zero-order valence-electron chi connectivity index (χ0n) is 17.8. The number of nitrogens with zero attached hydrogens (tertiary/aromatic N) is 5. The lowest BCUT2D eigenvalue weighted by Gasteiger charge is -2.41. The van der Waals surface area contributed by atoms with Gasteiger partial charge in [-0.1, -0.05) is 23.7 Å². The topological polar surface area (TPSA) is 90.0 Å². The molecule has 2 fully saturated rings. The van der Waals surface area contributed by atoms with Crippen LogP contribution < -0.4 is 10.6 Å². The molecule has 5 rings (SSSR count). The van der Waals surface area contributed by atoms with Gasteiger partial charge in [0.1, 0.15) is 0 Å². The number of hydrogen-bond acceptors (Lipinski definition) is 8. The lowest BCUT2D eigenvalue weighted by atomic mass is 9.73. The van der Waals surface area contributed by atoms with E-state index < -0.39 is 0 Å². The van der Waals surface area contributed by atoms with Crippen molar-refractivity contribution < 1.29 is 4.74 Å². The summed E-state index contributed by atoms with van der Waals surface area (Å²) in [5.74, 6) is 0. The van der Waals surface area contributed by atoms with Crippen LogP contribution >= 0.6 is 23.4 Å². The van der Waals surface area contributed by atoms with E-state index in [4.69, 9.17) is 22.1 Å². The maximum atomic E-state index is 6.65. The van der Waals surface area contributed by atoms with Gasteiger partial charge in [0.25, 0.3) is 0 Å². The third kappa shape index (κ3) is 4.08. The largest absolute Gasteiger partial charge is 0.376 e. The number of ether oxygens (including phenoxy) is 1. The Bertz CT molecular complexity index is 1080. The van der Waals surface area contributed by atoms with Crippen molar-refractivity contribution in [3.05, 3.63) is 54.2 Å². The Kier molecular flexibility index (Phi) is 6.03. The zero-order valence-corrected chi connectivity index (χ0v) is 19.4. The molecule has 2 atom stereocenters. The first-order chi connectivity index (χ1) is 15.6. The van der Waals surface area contributed by atoms with Gasteiger partial charge in [-0.2, -0.15) is 0 Å². The van der Waals surface area contributed by atoms with Crippen molar-refractivity contribution in [1.82, 2.24) is 19.9 Å². The molecule has 166 valence electrons. The van der Waals surface area contributed by atoms with Crippen LogP contribution in [0.25, 0.3) is 11.3 Å². The molecule has 1 spiro atoms. The maximum Gasteiger partial charge on any atom is 0.192 e. The Morgan fingerprint density at radius 3 is 2.56 bits per heavy atom. The molecule has 1 aromatic carbocycles. The number of hydrogen-bond donors (Lipinski definition) is 1. The first-order valence-electron chi connectivity index (χ1n) is 10.7. The zero-order chi connectivity index (χ0) is 22.1. The molecule has 2 aromatic heterocycles. The lowest BCUT2D eigenvalue weighted by Crippen LogP contribution is -2.50. The number of benzene rings is 1. The fourth-order valence-corrected chi connectivity index (χ4v) is 5.62. The highest BCUT2D eigenvalue weighted by Gasteiger charge is 2.47. The van der Waals surface area contributed by atoms with Crippen LogP contribution in [0.15, 0.2) is 59.2 Å². The molecule has 2 aliphatic rings. The predicted molar refractivity (Wildman–Crippen MR) is 126 cm³/mol. The summed E-state index contributed by atoms with van der Waals surface area (Å²) in [6.45, 7) is 4.71. The van der Waals surface area contributed by atoms with E-state index in [1.807, 2.05) is 30.6 Å². The minimum Gasteiger partial charge on any atom is -0.376 e. The Morgan fingerprint density at radius 2 is 1.91 bits per heavy atom. The van der Waals surface area contributed by atoms with E-state index in [0.29, 0.717) is 10.2 Å². The van der Waals surface area contributed by atoms with Crippen molar-refractivity contribution in [1.29, 1.82) is 0 Å². The average Bonchev–Trinajstić information content (AvgIpc) is 3.10. The molecule has 2 aliphatic heterocycles. The summed E-state index contributed by atoms with van der Waals surface area (Å²) in [7, 11) is 0. The third-order valence-electron chi connectivity index (χ3n) is 6.59. The molecule has 0 amide bonds. The molecule has 4 heterocycles. The summed E-state index contributed by atoms with van der Waals surface area (Å²) < 4.78 is 5.83. The molecule has 2 N–H and O–H groups in total. The minimum absolute atomic E-state index is 0.109. The fraction of sp³-hybridized carbons (Fsp3) is 0.391. The van der Waals surface area contributed by atoms with E-state index in [2.05, 4.69) is 31.8 Å². The van der Waals surface area contributed by atoms with E-state index in [1.165, 1.54) is 11.8 Å². The van der Waals surface area contributed by atoms with Gasteiger partial charge < -0.3 is 15.4 Å². The van der Waals surface area contributed by atoms with Crippen molar-refractivity contribution in [3.8, 4) is 11.3 Å². The number of rotatable bonds is 4. The van der Waals surface area contributed by atoms with Crippen LogP contribution in [0.5, 0.6) is 0 Å². The minimum atomic E-state index is 0.109. The van der Waals surface area contributed by atoms with E-state index in [0.717, 1.165) is 54.4 Å². The Hall–Kier alpha value is -2.26. The van der Waals surface area contributed by atoms with Gasteiger partial charge in [0.05, 0.1) is 47.7 Å². The van der Waals surface area contributed by atoms with E-state index in [9.17, 15) is 0 Å². The van der Waals surface area contributed by atoms with Crippen LogP contribution in [0, 0.1) is 5.41 Å². The molecular formula is C23H25ClN6OS. The smallest absolute Gasteiger partial charge is 0.192 e. The molecule has 3 aromatic rings. The number of nitrogens with two attached hydrogens (primary N) is 1. The van der Waals surface area contributed by atoms with Crippen LogP contribution in [0.4, 0.5) is 5.69 Å². The van der Waals surface area contributed by atoms with Crippen LogP contribution in [0.2, 0.25) is 5.02 Å². The second kappa shape index (κ2) is 8.94. The number of aromatic nitrogens is 4. The molecule has 7 nitrogen and oxygen atoms in total. The normalized spacial score (nSPS) is 22.4. The predicted octanol–water partition coefficient (Wildman–Crippen LogP) is 4.07. The van der Waals surface area contributed by atoms with Gasteiger partial charge in [-0.05, 0) is 37.6 Å². The van der Waals surface area contributed by atoms with Crippen molar-refractivity contribution in [2.45, 2.75) is 42.0 Å². The molecule has 0 saturated carbocycles. The number of halogens is 1. The van der Waals surface area contributed by atoms with Crippen LogP contribution in [-0.2, 0) is 4.74 Å². The van der Waals surface area contributed by atoms with Gasteiger partial charge in [0, 0.05) is 47.4 Å². The van der Waals surface area contributed by atoms with Crippen molar-refractivity contribution in [2.75, 3.05) is 24.6 Å². The molecule has 0 radical (unpaired) electrons. The van der Waals surface area contributed by atoms with E-state index in [-0.39, 0.29) is 17.6 Å². The molecule has 2 saturated heterocycles. The highest BCUT2D eigenvalue weighted by molar-refractivity contribution is 7.99. The average molecular weight is 469 g/mol. The second-order valence-electron chi connectivity index (χ2n) is 8.43. The van der Waals surface area contributed by atoms with Crippen LogP contribution in [0.3, 0.4) is 0 Å². The first kappa shape index (κ1) is 21.6. The Balaban J connectivity index is 1.26. The van der Waals surface area contributed by atoms with Gasteiger partial charge in [0.15, 0.2) is 5.16 Å². The summed E-state index contributed by atoms with van der Waals surface area (Å²) in [5, 5.41) is 1.27. The van der Waals surface area contributed by atoms with E-state index >= 15 is 0 Å². The fourth-order valence-electron chi connectivity index (χ4n) is 4.53. The lowest BCUT2D eigenvalue weighted by molar-refractivity contribution is 0.0974. The van der Waals surface area contributed by atoms with Gasteiger partial charge >= 0.3 is 0 Å². The maximum absolute atomic E-state index is 6.65. The Morgan fingerprint density at radius 1 is 1.12 bits per heavy atom. The first-order valence-corrected chi connectivity index (χ1v) is 11.9. The standard InChI is InChI=1S/C23H25ClN6OS/c1-15-21(25)23(14-31-15)5-9-30(10-6-23)16-11-28-22(29-12-16)32-19-4-2-3-17(20(19)24)18-13-26-7-8-27-18/h2-4,7-8,11-13,15,21H,5-6,9-10,14,25H2,1H3/t15-,21-/m0/s1. The van der Waals surface area contributed by atoms with Gasteiger partial charge in [0.2, 0.25) is 0 Å². The summed E-state index contributed by atoms with van der Waals surface area (Å²) in [6, 6.07) is 5.96. The van der Waals surface area contributed by atoms with Gasteiger partial charge in [-0.15, -0.1) is 0 Å². The monoisotopic (exact) mass is 468 g/mol. The summed E-state index contributed by atoms with van der Waals surface area (Å²) >= 11 is 8.09. The van der Waals surface area contributed by atoms with E-state index in [1.54, 1.807) is 18.6 Å². The van der Waals surface area contributed by atoms with Crippen LogP contribution in [-0.4, -0.2) is 51.8 Å². The highest BCUT2D eigenvalue weighted by atomic mass is 35.5. The summed E-state index contributed by atoms with van der Waals surface area (Å²) in [4.78, 5) is 20.9. The van der Waals surface area contributed by atoms with Crippen molar-refractivity contribution >= 4 is 29.1 Å². The molecule has 9 heteroatoms. The quantitative estimate of drug-likeness (QED) is 0.573. The summed E-state index contributed by atoms with van der Waals surface area (Å²) in [5.41, 5.74) is 9.15. The SMILES string of the molecule is C[C@@H]1OCC2(CCN(c3cnc(Sc4cccc(-c5cnccn5)c4Cl)nc3)CC2)[C@H]1N. The van der Waals surface area contributed by atoms with Crippen LogP contribution in [0.1, 0.15) is 19.8 Å². The molecular weight excluding hydrogens is 444 g/mol.